The molecule has 0 aliphatic rings. The topological polar surface area (TPSA) is 137 Å². The number of rotatable bonds is 13. The lowest BCUT2D eigenvalue weighted by atomic mass is 9.94. The van der Waals surface area contributed by atoms with Crippen LogP contribution in [0.25, 0.3) is 0 Å². The number of hydrogen-bond donors (Lipinski definition) is 4. The van der Waals surface area contributed by atoms with Gasteiger partial charge >= 0.3 is 12.2 Å². The number of carbonyl (C=O) groups excluding carboxylic acids is 1. The fourth-order valence-corrected chi connectivity index (χ4v) is 4.15. The minimum Gasteiger partial charge on any atom is -0.496 e. The minimum absolute atomic E-state index is 0.132. The number of benzene rings is 1. The number of carbonyl (C=O) groups is 3. The average Bonchev–Trinajstić information content (AvgIpc) is 2.74. The summed E-state index contributed by atoms with van der Waals surface area (Å²) in [5.41, 5.74) is 3.85. The Morgan fingerprint density at radius 2 is 1.53 bits per heavy atom. The van der Waals surface area contributed by atoms with Crippen molar-refractivity contribution in [1.82, 2.24) is 15.5 Å². The van der Waals surface area contributed by atoms with Gasteiger partial charge in [-0.2, -0.15) is 0 Å². The van der Waals surface area contributed by atoms with Gasteiger partial charge in [0.2, 0.25) is 5.91 Å². The molecule has 0 spiro atoms. The molecule has 10 nitrogen and oxygen atoms in total. The zero-order chi connectivity index (χ0) is 26.0. The highest BCUT2D eigenvalue weighted by Crippen LogP contribution is 2.38. The van der Waals surface area contributed by atoms with Crippen LogP contribution in [-0.2, 0) is 11.2 Å². The van der Waals surface area contributed by atoms with E-state index in [-0.39, 0.29) is 25.6 Å². The lowest BCUT2D eigenvalue weighted by Crippen LogP contribution is -2.51. The predicted molar refractivity (Wildman–Crippen MR) is 129 cm³/mol. The van der Waals surface area contributed by atoms with Gasteiger partial charge in [-0.1, -0.05) is 0 Å². The summed E-state index contributed by atoms with van der Waals surface area (Å²) in [5.74, 6) is 1.14. The lowest BCUT2D eigenvalue weighted by Gasteiger charge is -2.29. The van der Waals surface area contributed by atoms with Crippen LogP contribution in [0.15, 0.2) is 0 Å². The molecule has 1 unspecified atom stereocenters. The summed E-state index contributed by atoms with van der Waals surface area (Å²) in [5, 5.41) is 23.7. The molecular weight excluding hydrogens is 442 g/mol. The van der Waals surface area contributed by atoms with Crippen LogP contribution in [-0.4, -0.2) is 72.6 Å². The number of methoxy groups -OCH3 is 2. The van der Waals surface area contributed by atoms with Gasteiger partial charge in [-0.3, -0.25) is 9.69 Å². The van der Waals surface area contributed by atoms with Crippen molar-refractivity contribution in [3.63, 3.8) is 0 Å². The van der Waals surface area contributed by atoms with Crippen LogP contribution in [0.4, 0.5) is 9.59 Å². The summed E-state index contributed by atoms with van der Waals surface area (Å²) in [6.45, 7) is 9.75. The van der Waals surface area contributed by atoms with Gasteiger partial charge < -0.3 is 30.3 Å². The molecule has 0 aliphatic heterocycles. The van der Waals surface area contributed by atoms with Crippen LogP contribution in [0.2, 0.25) is 0 Å². The first-order valence-corrected chi connectivity index (χ1v) is 11.4. The first kappa shape index (κ1) is 28.9. The first-order chi connectivity index (χ1) is 16.0. The molecule has 10 heteroatoms. The van der Waals surface area contributed by atoms with Gasteiger partial charge in [0.05, 0.1) is 14.2 Å². The fraction of sp³-hybridized carbons (Fsp3) is 0.625. The Bertz CT molecular complexity index is 871. The third-order valence-corrected chi connectivity index (χ3v) is 5.83. The van der Waals surface area contributed by atoms with Crippen LogP contribution in [0.3, 0.4) is 0 Å². The van der Waals surface area contributed by atoms with E-state index in [2.05, 4.69) is 10.6 Å². The molecule has 0 aliphatic carbocycles. The maximum absolute atomic E-state index is 12.8. The van der Waals surface area contributed by atoms with E-state index < -0.39 is 24.1 Å². The highest BCUT2D eigenvalue weighted by Gasteiger charge is 2.30. The highest BCUT2D eigenvalue weighted by atomic mass is 16.5. The smallest absolute Gasteiger partial charge is 0.407 e. The van der Waals surface area contributed by atoms with Gasteiger partial charge in [-0.25, -0.2) is 9.59 Å². The molecule has 34 heavy (non-hydrogen) atoms. The third-order valence-electron chi connectivity index (χ3n) is 5.83. The summed E-state index contributed by atoms with van der Waals surface area (Å²) in [6, 6.07) is -1.08. The van der Waals surface area contributed by atoms with E-state index in [0.29, 0.717) is 19.3 Å². The number of nitrogens with one attached hydrogen (secondary N) is 2. The summed E-state index contributed by atoms with van der Waals surface area (Å²) < 4.78 is 11.2. The number of nitrogens with zero attached hydrogens (tertiary/aromatic N) is 1. The summed E-state index contributed by atoms with van der Waals surface area (Å²) in [7, 11) is 3.23. The molecule has 1 atom stereocenters. The van der Waals surface area contributed by atoms with Gasteiger partial charge in [-0.15, -0.1) is 0 Å². The predicted octanol–water partition coefficient (Wildman–Crippen LogP) is 3.48. The standard InChI is InChI=1S/C24H39N3O7/c1-14(2)26-22(28)19(11-8-12-25-23(29)30)27(24(31)32)13-9-10-18-17(5)20(33-6)15(3)16(4)21(18)34-7/h14,19,25H,8-13H2,1-7H3,(H,26,28)(H,29,30)(H,31,32). The normalized spacial score (nSPS) is 11.6. The zero-order valence-corrected chi connectivity index (χ0v) is 21.3. The summed E-state index contributed by atoms with van der Waals surface area (Å²) in [4.78, 5) is 36.7. The second kappa shape index (κ2) is 13.5. The first-order valence-electron chi connectivity index (χ1n) is 11.4. The van der Waals surface area contributed by atoms with Crippen molar-refractivity contribution >= 4 is 18.1 Å². The second-order valence-corrected chi connectivity index (χ2v) is 8.55. The molecule has 1 rings (SSSR count). The molecule has 4 N–H and O–H groups in total. The highest BCUT2D eigenvalue weighted by molar-refractivity contribution is 5.85. The Hall–Kier alpha value is -3.17. The molecule has 0 fully saturated rings. The monoisotopic (exact) mass is 481 g/mol. The maximum Gasteiger partial charge on any atom is 0.407 e. The zero-order valence-electron chi connectivity index (χ0n) is 21.3. The van der Waals surface area contributed by atoms with E-state index in [1.54, 1.807) is 28.1 Å². The van der Waals surface area contributed by atoms with Crippen molar-refractivity contribution in [2.24, 2.45) is 0 Å². The Morgan fingerprint density at radius 3 is 2.03 bits per heavy atom. The molecule has 192 valence electrons. The molecule has 0 radical (unpaired) electrons. The van der Waals surface area contributed by atoms with Crippen LogP contribution in [0, 0.1) is 20.8 Å². The van der Waals surface area contributed by atoms with Crippen LogP contribution in [0.5, 0.6) is 11.5 Å². The summed E-state index contributed by atoms with van der Waals surface area (Å²) in [6.07, 6.45) is -0.829. The van der Waals surface area contributed by atoms with Crippen LogP contribution < -0.4 is 20.1 Å². The van der Waals surface area contributed by atoms with Gasteiger partial charge in [0.15, 0.2) is 0 Å². The molecule has 1 aromatic carbocycles. The molecule has 0 heterocycles. The van der Waals surface area contributed by atoms with Crippen LogP contribution in [0.1, 0.15) is 55.4 Å². The van der Waals surface area contributed by atoms with E-state index >= 15 is 0 Å². The Morgan fingerprint density at radius 1 is 0.941 bits per heavy atom. The van der Waals surface area contributed by atoms with Crippen molar-refractivity contribution in [1.29, 1.82) is 0 Å². The summed E-state index contributed by atoms with van der Waals surface area (Å²) >= 11 is 0. The van der Waals surface area contributed by atoms with Gasteiger partial charge in [0.25, 0.3) is 0 Å². The second-order valence-electron chi connectivity index (χ2n) is 8.55. The Labute approximate surface area is 201 Å². The number of hydrogen-bond acceptors (Lipinski definition) is 5. The molecule has 0 saturated carbocycles. The lowest BCUT2D eigenvalue weighted by molar-refractivity contribution is -0.126. The molecule has 3 amide bonds. The van der Waals surface area contributed by atoms with Gasteiger partial charge in [-0.05, 0) is 77.0 Å². The van der Waals surface area contributed by atoms with E-state index in [4.69, 9.17) is 14.6 Å². The number of amides is 3. The van der Waals surface area contributed by atoms with Gasteiger partial charge in [0, 0.05) is 24.7 Å². The van der Waals surface area contributed by atoms with E-state index in [9.17, 15) is 19.5 Å². The minimum atomic E-state index is -1.20. The number of ether oxygens (including phenoxy) is 2. The molecule has 0 bridgehead atoms. The third kappa shape index (κ3) is 7.71. The Balaban J connectivity index is 3.08. The van der Waals surface area contributed by atoms with Crippen molar-refractivity contribution in [3.05, 3.63) is 22.3 Å². The van der Waals surface area contributed by atoms with Crippen molar-refractivity contribution < 1.29 is 34.1 Å². The quantitative estimate of drug-likeness (QED) is 0.317. The largest absolute Gasteiger partial charge is 0.496 e. The molecular formula is C24H39N3O7. The maximum atomic E-state index is 12.8. The van der Waals surface area contributed by atoms with Crippen LogP contribution >= 0.6 is 0 Å². The van der Waals surface area contributed by atoms with E-state index in [1.165, 1.54) is 0 Å². The SMILES string of the molecule is COc1c(C)c(C)c(OC)c(CCCN(C(=O)O)C(CCCNC(=O)O)C(=O)NC(C)C)c1C. The Kier molecular flexibility index (Phi) is 11.5. The molecule has 0 aromatic heterocycles. The van der Waals surface area contributed by atoms with Crippen molar-refractivity contribution in [2.45, 2.75) is 72.4 Å². The molecule has 0 saturated heterocycles. The van der Waals surface area contributed by atoms with Crippen molar-refractivity contribution in [2.75, 3.05) is 27.3 Å². The van der Waals surface area contributed by atoms with Crippen molar-refractivity contribution in [3.8, 4) is 11.5 Å². The fourth-order valence-electron chi connectivity index (χ4n) is 4.15. The van der Waals surface area contributed by atoms with E-state index in [1.807, 2.05) is 20.8 Å². The number of carboxylic acid groups (broad SMARTS) is 2. The average molecular weight is 482 g/mol. The van der Waals surface area contributed by atoms with Gasteiger partial charge in [0.1, 0.15) is 17.5 Å². The molecule has 1 aromatic rings. The van der Waals surface area contributed by atoms with E-state index in [0.717, 1.165) is 38.7 Å².